The molecule has 21 heavy (non-hydrogen) atoms. The van der Waals surface area contributed by atoms with Crippen molar-refractivity contribution in [2.75, 3.05) is 13.2 Å². The largest absolute Gasteiger partial charge is 0.457 e. The van der Waals surface area contributed by atoms with Crippen LogP contribution in [0.5, 0.6) is 0 Å². The van der Waals surface area contributed by atoms with Gasteiger partial charge in [-0.15, -0.1) is 11.3 Å². The molecule has 0 aliphatic heterocycles. The summed E-state index contributed by atoms with van der Waals surface area (Å²) in [4.78, 5) is 4.55. The summed E-state index contributed by atoms with van der Waals surface area (Å²) in [5.74, 6) is 1.52. The molecule has 2 heterocycles. The van der Waals surface area contributed by atoms with Crippen LogP contribution in [0.1, 0.15) is 5.76 Å². The molecule has 1 aromatic carbocycles. The first-order valence-corrected chi connectivity index (χ1v) is 7.52. The predicted molar refractivity (Wildman–Crippen MR) is 82.1 cm³/mol. The van der Waals surface area contributed by atoms with Crippen LogP contribution in [0.2, 0.25) is 0 Å². The molecule has 0 aliphatic rings. The van der Waals surface area contributed by atoms with Crippen LogP contribution in [0.3, 0.4) is 0 Å². The zero-order valence-electron chi connectivity index (χ0n) is 11.3. The van der Waals surface area contributed by atoms with E-state index in [0.717, 1.165) is 26.7 Å². The van der Waals surface area contributed by atoms with Crippen LogP contribution < -0.4 is 5.32 Å². The molecule has 1 unspecified atom stereocenters. The van der Waals surface area contributed by atoms with Gasteiger partial charge in [-0.3, -0.25) is 0 Å². The van der Waals surface area contributed by atoms with Crippen molar-refractivity contribution in [2.45, 2.75) is 12.6 Å². The predicted octanol–water partition coefficient (Wildman–Crippen LogP) is 2.00. The lowest BCUT2D eigenvalue weighted by Gasteiger charge is -2.06. The number of nitrogens with zero attached hydrogens (tertiary/aromatic N) is 1. The molecule has 2 aromatic heterocycles. The van der Waals surface area contributed by atoms with Crippen molar-refractivity contribution in [3.63, 3.8) is 0 Å². The topological polar surface area (TPSA) is 78.5 Å². The highest BCUT2D eigenvalue weighted by atomic mass is 32.1. The van der Waals surface area contributed by atoms with Gasteiger partial charge < -0.3 is 19.9 Å². The molecular formula is C15H16N2O3S. The second-order valence-electron chi connectivity index (χ2n) is 4.72. The van der Waals surface area contributed by atoms with Crippen LogP contribution in [0.4, 0.5) is 0 Å². The number of fused-ring (bicyclic) bond motifs is 1. The average Bonchev–Trinajstić information content (AvgIpc) is 3.13. The van der Waals surface area contributed by atoms with Gasteiger partial charge in [0.05, 0.1) is 29.5 Å². The number of nitrogens with one attached hydrogen (secondary N) is 1. The molecule has 0 amide bonds. The quantitative estimate of drug-likeness (QED) is 0.649. The van der Waals surface area contributed by atoms with E-state index in [4.69, 9.17) is 9.52 Å². The maximum Gasteiger partial charge on any atom is 0.163 e. The molecule has 1 atom stereocenters. The van der Waals surface area contributed by atoms with Crippen LogP contribution in [-0.2, 0) is 6.54 Å². The van der Waals surface area contributed by atoms with Gasteiger partial charge in [-0.05, 0) is 24.3 Å². The molecule has 6 heteroatoms. The Morgan fingerprint density at radius 1 is 1.24 bits per heavy atom. The second kappa shape index (κ2) is 6.36. The summed E-state index contributed by atoms with van der Waals surface area (Å²) in [6.07, 6.45) is -0.747. The molecule has 0 fully saturated rings. The third kappa shape index (κ3) is 3.30. The average molecular weight is 304 g/mol. The lowest BCUT2D eigenvalue weighted by molar-refractivity contribution is 0.0938. The molecule has 0 spiro atoms. The number of furan rings is 1. The number of para-hydroxylation sites is 1. The fourth-order valence-electron chi connectivity index (χ4n) is 1.99. The minimum atomic E-state index is -0.747. The lowest BCUT2D eigenvalue weighted by Crippen LogP contribution is -2.28. The Kier molecular flexibility index (Phi) is 4.31. The number of rotatable bonds is 6. The number of hydrogen-bond acceptors (Lipinski definition) is 6. The fraction of sp³-hybridized carbons (Fsp3) is 0.267. The van der Waals surface area contributed by atoms with Crippen molar-refractivity contribution in [1.29, 1.82) is 0 Å². The second-order valence-corrected chi connectivity index (χ2v) is 5.75. The molecular weight excluding hydrogens is 288 g/mol. The molecule has 0 saturated heterocycles. The van der Waals surface area contributed by atoms with E-state index < -0.39 is 6.10 Å². The Balaban J connectivity index is 1.69. The van der Waals surface area contributed by atoms with Gasteiger partial charge in [0.2, 0.25) is 0 Å². The zero-order chi connectivity index (χ0) is 14.7. The highest BCUT2D eigenvalue weighted by molar-refractivity contribution is 7.21. The number of aliphatic hydroxyl groups excluding tert-OH is 2. The van der Waals surface area contributed by atoms with Crippen molar-refractivity contribution in [2.24, 2.45) is 0 Å². The van der Waals surface area contributed by atoms with Gasteiger partial charge in [-0.2, -0.15) is 0 Å². The highest BCUT2D eigenvalue weighted by Gasteiger charge is 2.10. The van der Waals surface area contributed by atoms with Crippen LogP contribution >= 0.6 is 11.3 Å². The van der Waals surface area contributed by atoms with Gasteiger partial charge in [0.1, 0.15) is 5.76 Å². The number of hydrogen-bond donors (Lipinski definition) is 3. The van der Waals surface area contributed by atoms with Crippen molar-refractivity contribution < 1.29 is 14.6 Å². The van der Waals surface area contributed by atoms with Crippen molar-refractivity contribution in [3.05, 3.63) is 42.2 Å². The van der Waals surface area contributed by atoms with Crippen LogP contribution in [-0.4, -0.2) is 34.5 Å². The number of aromatic nitrogens is 1. The molecule has 3 rings (SSSR count). The summed E-state index contributed by atoms with van der Waals surface area (Å²) in [5, 5.41) is 21.9. The van der Waals surface area contributed by atoms with Crippen molar-refractivity contribution >= 4 is 21.6 Å². The molecule has 0 bridgehead atoms. The Labute approximate surface area is 125 Å². The van der Waals surface area contributed by atoms with Crippen LogP contribution in [0.15, 0.2) is 40.8 Å². The normalized spacial score (nSPS) is 12.9. The summed E-state index contributed by atoms with van der Waals surface area (Å²) in [6, 6.07) is 11.8. The van der Waals surface area contributed by atoms with Crippen LogP contribution in [0.25, 0.3) is 21.0 Å². The molecule has 3 aromatic rings. The Morgan fingerprint density at radius 3 is 2.90 bits per heavy atom. The molecule has 0 aliphatic carbocycles. The maximum atomic E-state index is 9.25. The van der Waals surface area contributed by atoms with Gasteiger partial charge >= 0.3 is 0 Å². The lowest BCUT2D eigenvalue weighted by atomic mass is 10.3. The van der Waals surface area contributed by atoms with E-state index in [1.165, 1.54) is 0 Å². The minimum Gasteiger partial charge on any atom is -0.457 e. The SMILES string of the molecule is OCC(O)CNCc1ccc(-c2nc3ccccc3s2)o1. The smallest absolute Gasteiger partial charge is 0.163 e. The molecule has 0 radical (unpaired) electrons. The van der Waals surface area contributed by atoms with Gasteiger partial charge in [0.15, 0.2) is 10.8 Å². The first kappa shape index (κ1) is 14.2. The summed E-state index contributed by atoms with van der Waals surface area (Å²) < 4.78 is 6.89. The van der Waals surface area contributed by atoms with Gasteiger partial charge in [0, 0.05) is 6.54 Å². The first-order valence-electron chi connectivity index (χ1n) is 6.70. The van der Waals surface area contributed by atoms with Gasteiger partial charge in [-0.25, -0.2) is 4.98 Å². The van der Waals surface area contributed by atoms with Crippen molar-refractivity contribution in [3.8, 4) is 10.8 Å². The molecule has 3 N–H and O–H groups in total. The Bertz CT molecular complexity index is 689. The van der Waals surface area contributed by atoms with E-state index in [0.29, 0.717) is 13.1 Å². The highest BCUT2D eigenvalue weighted by Crippen LogP contribution is 2.30. The molecule has 5 nitrogen and oxygen atoms in total. The van der Waals surface area contributed by atoms with Gasteiger partial charge in [0.25, 0.3) is 0 Å². The number of aliphatic hydroxyl groups is 2. The zero-order valence-corrected chi connectivity index (χ0v) is 12.1. The molecule has 110 valence electrons. The Morgan fingerprint density at radius 2 is 2.10 bits per heavy atom. The van der Waals surface area contributed by atoms with Crippen LogP contribution in [0, 0.1) is 0 Å². The summed E-state index contributed by atoms with van der Waals surface area (Å²) in [7, 11) is 0. The minimum absolute atomic E-state index is 0.248. The fourth-order valence-corrected chi connectivity index (χ4v) is 2.92. The summed E-state index contributed by atoms with van der Waals surface area (Å²) in [6.45, 7) is 0.581. The monoisotopic (exact) mass is 304 g/mol. The standard InChI is InChI=1S/C15H16N2O3S/c18-9-10(19)7-16-8-11-5-6-13(20-11)15-17-12-3-1-2-4-14(12)21-15/h1-6,10,16,18-19H,7-9H2. The van der Waals surface area contributed by atoms with Crippen molar-refractivity contribution in [1.82, 2.24) is 10.3 Å². The summed E-state index contributed by atoms with van der Waals surface area (Å²) in [5.41, 5.74) is 0.972. The van der Waals surface area contributed by atoms with Gasteiger partial charge in [-0.1, -0.05) is 12.1 Å². The first-order chi connectivity index (χ1) is 10.3. The number of benzene rings is 1. The summed E-state index contributed by atoms with van der Waals surface area (Å²) >= 11 is 1.60. The van der Waals surface area contributed by atoms with E-state index in [9.17, 15) is 5.11 Å². The maximum absolute atomic E-state index is 9.25. The molecule has 0 saturated carbocycles. The Hall–Kier alpha value is -1.73. The third-order valence-corrected chi connectivity index (χ3v) is 4.11. The third-order valence-electron chi connectivity index (χ3n) is 3.06. The van der Waals surface area contributed by atoms with E-state index in [2.05, 4.69) is 10.3 Å². The van der Waals surface area contributed by atoms with E-state index in [1.807, 2.05) is 36.4 Å². The van der Waals surface area contributed by atoms with E-state index in [-0.39, 0.29) is 6.61 Å². The van der Waals surface area contributed by atoms with E-state index >= 15 is 0 Å². The van der Waals surface area contributed by atoms with E-state index in [1.54, 1.807) is 11.3 Å². The number of thiazole rings is 1.